The van der Waals surface area contributed by atoms with E-state index in [9.17, 15) is 0 Å². The summed E-state index contributed by atoms with van der Waals surface area (Å²) in [5, 5.41) is 9.15. The lowest BCUT2D eigenvalue weighted by Gasteiger charge is -2.37. The number of nitriles is 1. The summed E-state index contributed by atoms with van der Waals surface area (Å²) < 4.78 is 0. The molecular weight excluding hydrogens is 210 g/mol. The molecular formula is C14H19N3. The summed E-state index contributed by atoms with van der Waals surface area (Å²) in [6.45, 7) is 3.26. The quantitative estimate of drug-likeness (QED) is 0.799. The van der Waals surface area contributed by atoms with Gasteiger partial charge in [-0.3, -0.25) is 0 Å². The number of hydrogen-bond donors (Lipinski definition) is 0. The minimum atomic E-state index is 0.566. The third-order valence-electron chi connectivity index (χ3n) is 3.43. The zero-order chi connectivity index (χ0) is 12.1. The molecule has 2 heterocycles. The molecule has 3 nitrogen and oxygen atoms in total. The Morgan fingerprint density at radius 1 is 1.53 bits per heavy atom. The van der Waals surface area contributed by atoms with Gasteiger partial charge in [-0.25, -0.2) is 4.98 Å². The van der Waals surface area contributed by atoms with Gasteiger partial charge in [0.15, 0.2) is 0 Å². The average molecular weight is 229 g/mol. The molecule has 0 amide bonds. The molecule has 1 saturated heterocycles. The van der Waals surface area contributed by atoms with Crippen molar-refractivity contribution in [1.82, 2.24) is 4.98 Å². The van der Waals surface area contributed by atoms with Crippen molar-refractivity contribution in [1.29, 1.82) is 5.26 Å². The van der Waals surface area contributed by atoms with Gasteiger partial charge in [-0.1, -0.05) is 13.3 Å². The van der Waals surface area contributed by atoms with Crippen LogP contribution in [-0.4, -0.2) is 17.6 Å². The van der Waals surface area contributed by atoms with E-state index < -0.39 is 0 Å². The Kier molecular flexibility index (Phi) is 3.98. The first-order valence-corrected chi connectivity index (χ1v) is 6.48. The van der Waals surface area contributed by atoms with Crippen LogP contribution in [-0.2, 0) is 0 Å². The summed E-state index contributed by atoms with van der Waals surface area (Å²) in [4.78, 5) is 6.75. The molecule has 1 aromatic rings. The minimum absolute atomic E-state index is 0.566. The van der Waals surface area contributed by atoms with Gasteiger partial charge < -0.3 is 4.90 Å². The maximum Gasteiger partial charge on any atom is 0.146 e. The molecule has 1 fully saturated rings. The van der Waals surface area contributed by atoms with Crippen LogP contribution in [0.1, 0.15) is 44.6 Å². The predicted molar refractivity (Wildman–Crippen MR) is 68.8 cm³/mol. The molecule has 2 rings (SSSR count). The third kappa shape index (κ3) is 2.58. The summed E-state index contributed by atoms with van der Waals surface area (Å²) in [6, 6.07) is 6.51. The molecule has 90 valence electrons. The Morgan fingerprint density at radius 2 is 2.41 bits per heavy atom. The molecule has 1 aromatic heterocycles. The summed E-state index contributed by atoms with van der Waals surface area (Å²) in [7, 11) is 0. The molecule has 0 saturated carbocycles. The van der Waals surface area contributed by atoms with Crippen LogP contribution in [0.15, 0.2) is 18.3 Å². The Labute approximate surface area is 103 Å². The highest BCUT2D eigenvalue weighted by Gasteiger charge is 2.24. The molecule has 0 aromatic carbocycles. The number of pyridine rings is 1. The van der Waals surface area contributed by atoms with Gasteiger partial charge in [0.05, 0.1) is 5.56 Å². The van der Waals surface area contributed by atoms with Gasteiger partial charge in [-0.05, 0) is 37.8 Å². The van der Waals surface area contributed by atoms with Crippen molar-refractivity contribution in [3.8, 4) is 6.07 Å². The standard InChI is InChI=1S/C14H19N3/c1-2-6-13-8-3-4-10-17(13)14-12(11-15)7-5-9-16-14/h5,7,9,13H,2-4,6,8,10H2,1H3. The van der Waals surface area contributed by atoms with Gasteiger partial charge in [0.2, 0.25) is 0 Å². The van der Waals surface area contributed by atoms with E-state index in [0.29, 0.717) is 11.6 Å². The van der Waals surface area contributed by atoms with E-state index >= 15 is 0 Å². The maximum atomic E-state index is 9.15. The molecule has 17 heavy (non-hydrogen) atoms. The van der Waals surface area contributed by atoms with E-state index in [0.717, 1.165) is 12.4 Å². The largest absolute Gasteiger partial charge is 0.353 e. The fraction of sp³-hybridized carbons (Fsp3) is 0.571. The first kappa shape index (κ1) is 11.9. The van der Waals surface area contributed by atoms with Gasteiger partial charge in [0, 0.05) is 18.8 Å². The second kappa shape index (κ2) is 5.67. The van der Waals surface area contributed by atoms with Gasteiger partial charge in [-0.2, -0.15) is 5.26 Å². The zero-order valence-corrected chi connectivity index (χ0v) is 10.4. The number of rotatable bonds is 3. The Bertz CT molecular complexity index is 406. The van der Waals surface area contributed by atoms with Crippen molar-refractivity contribution in [3.63, 3.8) is 0 Å². The predicted octanol–water partition coefficient (Wildman–Crippen LogP) is 3.11. The van der Waals surface area contributed by atoms with Crippen LogP contribution >= 0.6 is 0 Å². The highest BCUT2D eigenvalue weighted by Crippen LogP contribution is 2.27. The molecule has 1 aliphatic rings. The van der Waals surface area contributed by atoms with Crippen molar-refractivity contribution in [2.45, 2.75) is 45.1 Å². The fourth-order valence-corrected chi connectivity index (χ4v) is 2.63. The van der Waals surface area contributed by atoms with Crippen LogP contribution in [0.25, 0.3) is 0 Å². The highest BCUT2D eigenvalue weighted by atomic mass is 15.2. The smallest absolute Gasteiger partial charge is 0.146 e. The van der Waals surface area contributed by atoms with Gasteiger partial charge in [0.25, 0.3) is 0 Å². The lowest BCUT2D eigenvalue weighted by Crippen LogP contribution is -2.40. The number of hydrogen-bond acceptors (Lipinski definition) is 3. The second-order valence-electron chi connectivity index (χ2n) is 4.62. The molecule has 1 atom stereocenters. The topological polar surface area (TPSA) is 39.9 Å². The molecule has 1 unspecified atom stereocenters. The van der Waals surface area contributed by atoms with Crippen LogP contribution < -0.4 is 4.90 Å². The van der Waals surface area contributed by atoms with Crippen LogP contribution in [0.5, 0.6) is 0 Å². The molecule has 3 heteroatoms. The van der Waals surface area contributed by atoms with Crippen LogP contribution in [0.2, 0.25) is 0 Å². The second-order valence-corrected chi connectivity index (χ2v) is 4.62. The average Bonchev–Trinajstić information content (AvgIpc) is 2.40. The Morgan fingerprint density at radius 3 is 3.18 bits per heavy atom. The SMILES string of the molecule is CCCC1CCCCN1c1ncccc1C#N. The molecule has 1 aliphatic heterocycles. The monoisotopic (exact) mass is 229 g/mol. The van der Waals surface area contributed by atoms with Crippen LogP contribution in [0.4, 0.5) is 5.82 Å². The minimum Gasteiger partial charge on any atom is -0.353 e. The molecule has 0 bridgehead atoms. The Hall–Kier alpha value is -1.56. The van der Waals surface area contributed by atoms with E-state index in [1.165, 1.54) is 32.1 Å². The molecule has 0 aliphatic carbocycles. The number of piperidine rings is 1. The molecule has 0 N–H and O–H groups in total. The van der Waals surface area contributed by atoms with Gasteiger partial charge >= 0.3 is 0 Å². The van der Waals surface area contributed by atoms with E-state index in [1.54, 1.807) is 6.20 Å². The third-order valence-corrected chi connectivity index (χ3v) is 3.43. The van der Waals surface area contributed by atoms with E-state index in [-0.39, 0.29) is 0 Å². The normalized spacial score (nSPS) is 20.0. The van der Waals surface area contributed by atoms with Crippen molar-refractivity contribution >= 4 is 5.82 Å². The summed E-state index contributed by atoms with van der Waals surface area (Å²) in [6.07, 6.45) is 7.91. The first-order chi connectivity index (χ1) is 8.36. The fourth-order valence-electron chi connectivity index (χ4n) is 2.63. The van der Waals surface area contributed by atoms with Gasteiger partial charge in [0.1, 0.15) is 11.9 Å². The molecule has 0 radical (unpaired) electrons. The lowest BCUT2D eigenvalue weighted by molar-refractivity contribution is 0.431. The number of nitrogens with zero attached hydrogens (tertiary/aromatic N) is 3. The van der Waals surface area contributed by atoms with E-state index in [2.05, 4.69) is 22.9 Å². The van der Waals surface area contributed by atoms with Crippen molar-refractivity contribution in [3.05, 3.63) is 23.9 Å². The summed E-state index contributed by atoms with van der Waals surface area (Å²) in [5.74, 6) is 0.883. The van der Waals surface area contributed by atoms with Gasteiger partial charge in [-0.15, -0.1) is 0 Å². The van der Waals surface area contributed by atoms with Crippen molar-refractivity contribution in [2.75, 3.05) is 11.4 Å². The first-order valence-electron chi connectivity index (χ1n) is 6.48. The van der Waals surface area contributed by atoms with E-state index in [1.807, 2.05) is 12.1 Å². The number of aromatic nitrogens is 1. The summed E-state index contributed by atoms with van der Waals surface area (Å²) in [5.41, 5.74) is 0.704. The molecule has 0 spiro atoms. The van der Waals surface area contributed by atoms with E-state index in [4.69, 9.17) is 5.26 Å². The highest BCUT2D eigenvalue weighted by molar-refractivity contribution is 5.54. The summed E-state index contributed by atoms with van der Waals surface area (Å²) >= 11 is 0. The maximum absolute atomic E-state index is 9.15. The van der Waals surface area contributed by atoms with Crippen molar-refractivity contribution < 1.29 is 0 Å². The van der Waals surface area contributed by atoms with Crippen LogP contribution in [0.3, 0.4) is 0 Å². The number of anilines is 1. The van der Waals surface area contributed by atoms with Crippen LogP contribution in [0, 0.1) is 11.3 Å². The lowest BCUT2D eigenvalue weighted by atomic mass is 9.98. The zero-order valence-electron chi connectivity index (χ0n) is 10.4. The van der Waals surface area contributed by atoms with Crippen molar-refractivity contribution in [2.24, 2.45) is 0 Å². The Balaban J connectivity index is 2.26.